The first-order valence-electron chi connectivity index (χ1n) is 7.52. The normalized spacial score (nSPS) is 17.3. The van der Waals surface area contributed by atoms with Gasteiger partial charge < -0.3 is 10.6 Å². The fraction of sp³-hybridized carbons (Fsp3) is 0.562. The summed E-state index contributed by atoms with van der Waals surface area (Å²) < 4.78 is 13.3. The predicted molar refractivity (Wildman–Crippen MR) is 88.9 cm³/mol. The van der Waals surface area contributed by atoms with Gasteiger partial charge in [-0.25, -0.2) is 4.39 Å². The summed E-state index contributed by atoms with van der Waals surface area (Å²) in [6.07, 6.45) is 2.35. The average molecular weight is 309 g/mol. The molecule has 5 heteroatoms. The Labute approximate surface area is 131 Å². The topological polar surface area (TPSA) is 32.5 Å². The van der Waals surface area contributed by atoms with Crippen LogP contribution >= 0.6 is 12.2 Å². The molecule has 0 saturated carbocycles. The van der Waals surface area contributed by atoms with E-state index in [2.05, 4.69) is 23.8 Å². The van der Waals surface area contributed by atoms with Crippen molar-refractivity contribution in [2.45, 2.75) is 32.4 Å². The monoisotopic (exact) mass is 309 g/mol. The zero-order valence-corrected chi connectivity index (χ0v) is 13.6. The van der Waals surface area contributed by atoms with Crippen molar-refractivity contribution in [3.8, 4) is 0 Å². The van der Waals surface area contributed by atoms with E-state index in [1.165, 1.54) is 25.0 Å². The number of piperidine rings is 1. The fourth-order valence-electron chi connectivity index (χ4n) is 2.99. The summed E-state index contributed by atoms with van der Waals surface area (Å²) in [5.41, 5.74) is 7.37. The largest absolute Gasteiger partial charge is 0.389 e. The zero-order valence-electron chi connectivity index (χ0n) is 12.8. The number of hydrogen-bond donors (Lipinski definition) is 1. The molecule has 1 heterocycles. The van der Waals surface area contributed by atoms with E-state index in [9.17, 15) is 4.39 Å². The van der Waals surface area contributed by atoms with Crippen LogP contribution in [0, 0.1) is 5.82 Å². The molecule has 2 N–H and O–H groups in total. The van der Waals surface area contributed by atoms with Gasteiger partial charge in [-0.2, -0.15) is 0 Å². The Morgan fingerprint density at radius 2 is 2.10 bits per heavy atom. The molecule has 1 aromatic carbocycles. The predicted octanol–water partition coefficient (Wildman–Crippen LogP) is 2.38. The molecule has 0 spiro atoms. The van der Waals surface area contributed by atoms with E-state index in [0.29, 0.717) is 11.6 Å². The number of hydrogen-bond acceptors (Lipinski definition) is 3. The van der Waals surface area contributed by atoms with Crippen molar-refractivity contribution in [2.24, 2.45) is 5.73 Å². The highest BCUT2D eigenvalue weighted by atomic mass is 32.1. The van der Waals surface area contributed by atoms with Gasteiger partial charge in [-0.05, 0) is 57.2 Å². The van der Waals surface area contributed by atoms with Crippen molar-refractivity contribution >= 4 is 17.2 Å². The van der Waals surface area contributed by atoms with Crippen LogP contribution in [0.3, 0.4) is 0 Å². The molecule has 0 aliphatic carbocycles. The van der Waals surface area contributed by atoms with Crippen molar-refractivity contribution in [1.29, 1.82) is 0 Å². The molecular weight excluding hydrogens is 285 g/mol. The Bertz CT molecular complexity index is 498. The molecule has 0 bridgehead atoms. The Hall–Kier alpha value is -1.04. The van der Waals surface area contributed by atoms with Crippen LogP contribution in [0.5, 0.6) is 0 Å². The van der Waals surface area contributed by atoms with Crippen LogP contribution in [-0.2, 0) is 6.54 Å². The Balaban J connectivity index is 2.03. The summed E-state index contributed by atoms with van der Waals surface area (Å²) in [4.78, 5) is 5.07. The lowest BCUT2D eigenvalue weighted by Gasteiger charge is -2.36. The van der Waals surface area contributed by atoms with E-state index in [4.69, 9.17) is 18.0 Å². The molecule has 1 aliphatic rings. The van der Waals surface area contributed by atoms with Crippen molar-refractivity contribution in [2.75, 3.05) is 26.7 Å². The SMILES string of the molecule is CCN1CCC(N(C)Cc2ccc(F)cc2C(N)=S)CC1. The third kappa shape index (κ3) is 4.22. The van der Waals surface area contributed by atoms with E-state index in [-0.39, 0.29) is 10.8 Å². The number of rotatable bonds is 5. The van der Waals surface area contributed by atoms with E-state index in [1.54, 1.807) is 6.07 Å². The minimum atomic E-state index is -0.291. The van der Waals surface area contributed by atoms with Crippen LogP contribution in [0.1, 0.15) is 30.9 Å². The van der Waals surface area contributed by atoms with Gasteiger partial charge in [-0.3, -0.25) is 4.90 Å². The summed E-state index contributed by atoms with van der Waals surface area (Å²) >= 11 is 5.04. The molecule has 0 amide bonds. The first-order valence-corrected chi connectivity index (χ1v) is 7.93. The van der Waals surface area contributed by atoms with Crippen molar-refractivity contribution in [1.82, 2.24) is 9.80 Å². The lowest BCUT2D eigenvalue weighted by atomic mass is 10.0. The average Bonchev–Trinajstić information content (AvgIpc) is 2.49. The van der Waals surface area contributed by atoms with Gasteiger partial charge in [0, 0.05) is 18.2 Å². The summed E-state index contributed by atoms with van der Waals surface area (Å²) in [7, 11) is 2.12. The van der Waals surface area contributed by atoms with Crippen molar-refractivity contribution < 1.29 is 4.39 Å². The highest BCUT2D eigenvalue weighted by Gasteiger charge is 2.22. The van der Waals surface area contributed by atoms with E-state index in [1.807, 2.05) is 0 Å². The van der Waals surface area contributed by atoms with Crippen molar-refractivity contribution in [3.63, 3.8) is 0 Å². The molecule has 1 saturated heterocycles. The van der Waals surface area contributed by atoms with Crippen LogP contribution in [0.25, 0.3) is 0 Å². The maximum atomic E-state index is 13.3. The van der Waals surface area contributed by atoms with Gasteiger partial charge in [0.25, 0.3) is 0 Å². The van der Waals surface area contributed by atoms with Gasteiger partial charge in [0.05, 0.1) is 0 Å². The second-order valence-electron chi connectivity index (χ2n) is 5.75. The van der Waals surface area contributed by atoms with E-state index < -0.39 is 0 Å². The number of nitrogens with two attached hydrogens (primary N) is 1. The summed E-state index contributed by atoms with van der Waals surface area (Å²) in [5, 5.41) is 0. The van der Waals surface area contributed by atoms with Gasteiger partial charge in [0.2, 0.25) is 0 Å². The third-order valence-corrected chi connectivity index (χ3v) is 4.60. The number of likely N-dealkylation sites (tertiary alicyclic amines) is 1. The summed E-state index contributed by atoms with van der Waals surface area (Å²) in [5.74, 6) is -0.291. The minimum Gasteiger partial charge on any atom is -0.389 e. The number of thiocarbonyl (C=S) groups is 1. The molecule has 116 valence electrons. The smallest absolute Gasteiger partial charge is 0.123 e. The first-order chi connectivity index (χ1) is 10.0. The van der Waals surface area contributed by atoms with Gasteiger partial charge in [0.15, 0.2) is 0 Å². The summed E-state index contributed by atoms with van der Waals surface area (Å²) in [6.45, 7) is 6.38. The maximum absolute atomic E-state index is 13.3. The Morgan fingerprint density at radius 3 is 2.67 bits per heavy atom. The second kappa shape index (κ2) is 7.29. The Morgan fingerprint density at radius 1 is 1.43 bits per heavy atom. The van der Waals surface area contributed by atoms with E-state index >= 15 is 0 Å². The lowest BCUT2D eigenvalue weighted by Crippen LogP contribution is -2.43. The van der Waals surface area contributed by atoms with Gasteiger partial charge in [-0.15, -0.1) is 0 Å². The standard InChI is InChI=1S/C16H24FN3S/c1-3-20-8-6-14(7-9-20)19(2)11-12-4-5-13(17)10-15(12)16(18)21/h4-5,10,14H,3,6-9,11H2,1-2H3,(H2,18,21). The molecule has 21 heavy (non-hydrogen) atoms. The Kier molecular flexibility index (Phi) is 5.67. The molecule has 1 fully saturated rings. The lowest BCUT2D eigenvalue weighted by molar-refractivity contribution is 0.127. The second-order valence-corrected chi connectivity index (χ2v) is 6.19. The van der Waals surface area contributed by atoms with Crippen LogP contribution in [0.4, 0.5) is 4.39 Å². The summed E-state index contributed by atoms with van der Waals surface area (Å²) in [6, 6.07) is 5.27. The van der Waals surface area contributed by atoms with Gasteiger partial charge in [-0.1, -0.05) is 25.2 Å². The molecule has 0 aromatic heterocycles. The molecular formula is C16H24FN3S. The fourth-order valence-corrected chi connectivity index (χ4v) is 3.18. The number of benzene rings is 1. The number of halogens is 1. The molecule has 0 atom stereocenters. The maximum Gasteiger partial charge on any atom is 0.123 e. The highest BCUT2D eigenvalue weighted by Crippen LogP contribution is 2.19. The molecule has 1 aromatic rings. The third-order valence-electron chi connectivity index (χ3n) is 4.38. The van der Waals surface area contributed by atoms with Crippen LogP contribution in [0.2, 0.25) is 0 Å². The van der Waals surface area contributed by atoms with Crippen LogP contribution in [-0.4, -0.2) is 47.5 Å². The van der Waals surface area contributed by atoms with E-state index in [0.717, 1.165) is 31.7 Å². The quantitative estimate of drug-likeness (QED) is 0.847. The van der Waals surface area contributed by atoms with Crippen LogP contribution < -0.4 is 5.73 Å². The minimum absolute atomic E-state index is 0.263. The molecule has 3 nitrogen and oxygen atoms in total. The molecule has 2 rings (SSSR count). The number of nitrogens with zero attached hydrogens (tertiary/aromatic N) is 2. The highest BCUT2D eigenvalue weighted by molar-refractivity contribution is 7.80. The first kappa shape index (κ1) is 16.3. The molecule has 0 unspecified atom stereocenters. The zero-order chi connectivity index (χ0) is 15.4. The van der Waals surface area contributed by atoms with Crippen LogP contribution in [0.15, 0.2) is 18.2 Å². The van der Waals surface area contributed by atoms with Gasteiger partial charge in [0.1, 0.15) is 10.8 Å². The molecule has 0 radical (unpaired) electrons. The van der Waals surface area contributed by atoms with Crippen molar-refractivity contribution in [3.05, 3.63) is 35.1 Å². The van der Waals surface area contributed by atoms with Gasteiger partial charge >= 0.3 is 0 Å². The molecule has 1 aliphatic heterocycles.